The molecular formula is C9H7ClF3N. The summed E-state index contributed by atoms with van der Waals surface area (Å²) >= 11 is 5.63. The van der Waals surface area contributed by atoms with Crippen LogP contribution in [0.4, 0.5) is 13.2 Å². The Morgan fingerprint density at radius 1 is 1.36 bits per heavy atom. The van der Waals surface area contributed by atoms with E-state index in [4.69, 9.17) is 17.3 Å². The van der Waals surface area contributed by atoms with Crippen LogP contribution in [0.5, 0.6) is 0 Å². The molecule has 0 bridgehead atoms. The molecule has 0 saturated heterocycles. The maximum absolute atomic E-state index is 13.2. The Labute approximate surface area is 83.7 Å². The van der Waals surface area contributed by atoms with Crippen LogP contribution in [0.25, 0.3) is 0 Å². The molecule has 76 valence electrons. The Morgan fingerprint density at radius 3 is 2.36 bits per heavy atom. The molecule has 2 N–H and O–H groups in total. The van der Waals surface area contributed by atoms with Crippen LogP contribution >= 0.6 is 11.6 Å². The van der Waals surface area contributed by atoms with Crippen LogP contribution < -0.4 is 5.73 Å². The van der Waals surface area contributed by atoms with E-state index in [2.05, 4.69) is 0 Å². The molecule has 5 heteroatoms. The average molecular weight is 222 g/mol. The zero-order chi connectivity index (χ0) is 10.6. The van der Waals surface area contributed by atoms with Crippen LogP contribution in [0.1, 0.15) is 12.0 Å². The number of alkyl halides is 2. The van der Waals surface area contributed by atoms with E-state index in [0.717, 1.165) is 6.07 Å². The van der Waals surface area contributed by atoms with Gasteiger partial charge in [-0.15, -0.1) is 0 Å². The summed E-state index contributed by atoms with van der Waals surface area (Å²) in [6.07, 6.45) is -0.555. The van der Waals surface area contributed by atoms with Gasteiger partial charge in [-0.25, -0.2) is 13.2 Å². The molecular weight excluding hydrogens is 215 g/mol. The first kappa shape index (κ1) is 9.80. The number of halogens is 4. The van der Waals surface area contributed by atoms with Crippen molar-refractivity contribution in [3.05, 3.63) is 34.6 Å². The molecule has 0 amide bonds. The summed E-state index contributed by atoms with van der Waals surface area (Å²) in [7, 11) is 0. The number of hydrogen-bond acceptors (Lipinski definition) is 1. The minimum absolute atomic E-state index is 0.0512. The number of nitrogens with two attached hydrogens (primary N) is 1. The number of rotatable bonds is 1. The predicted octanol–water partition coefficient (Wildman–Crippen LogP) is 2.67. The quantitative estimate of drug-likeness (QED) is 0.775. The Kier molecular flexibility index (Phi) is 1.85. The van der Waals surface area contributed by atoms with Gasteiger partial charge in [-0.2, -0.15) is 0 Å². The van der Waals surface area contributed by atoms with E-state index in [1.807, 2.05) is 0 Å². The van der Waals surface area contributed by atoms with E-state index >= 15 is 0 Å². The smallest absolute Gasteiger partial charge is 0.272 e. The van der Waals surface area contributed by atoms with Gasteiger partial charge in [-0.05, 0) is 12.1 Å². The maximum atomic E-state index is 13.2. The molecule has 1 fully saturated rings. The fraction of sp³-hybridized carbons (Fsp3) is 0.333. The van der Waals surface area contributed by atoms with E-state index < -0.39 is 23.7 Å². The van der Waals surface area contributed by atoms with Gasteiger partial charge in [0.15, 0.2) is 0 Å². The van der Waals surface area contributed by atoms with E-state index in [1.54, 1.807) is 0 Å². The summed E-state index contributed by atoms with van der Waals surface area (Å²) in [6.45, 7) is 0. The van der Waals surface area contributed by atoms with E-state index in [9.17, 15) is 13.2 Å². The molecule has 1 aliphatic rings. The van der Waals surface area contributed by atoms with Crippen molar-refractivity contribution in [2.75, 3.05) is 0 Å². The van der Waals surface area contributed by atoms with Crippen LogP contribution in [0.2, 0.25) is 5.02 Å². The highest BCUT2D eigenvalue weighted by molar-refractivity contribution is 6.31. The van der Waals surface area contributed by atoms with Gasteiger partial charge >= 0.3 is 0 Å². The lowest BCUT2D eigenvalue weighted by molar-refractivity contribution is 0.0882. The van der Waals surface area contributed by atoms with Crippen LogP contribution in [0.15, 0.2) is 18.2 Å². The van der Waals surface area contributed by atoms with Crippen molar-refractivity contribution in [3.8, 4) is 0 Å². The summed E-state index contributed by atoms with van der Waals surface area (Å²) in [6, 6.07) is 3.78. The summed E-state index contributed by atoms with van der Waals surface area (Å²) in [5, 5.41) is -0.0512. The van der Waals surface area contributed by atoms with E-state index in [0.29, 0.717) is 0 Å². The minimum atomic E-state index is -3.06. The van der Waals surface area contributed by atoms with Gasteiger partial charge in [0.1, 0.15) is 11.4 Å². The van der Waals surface area contributed by atoms with Crippen molar-refractivity contribution >= 4 is 11.6 Å². The third-order valence-corrected chi connectivity index (χ3v) is 2.75. The SMILES string of the molecule is NC1(c2c(F)cccc2Cl)CC1(F)F. The second-order valence-corrected chi connectivity index (χ2v) is 3.86. The molecule has 1 aliphatic carbocycles. The van der Waals surface area contributed by atoms with Crippen LogP contribution in [0, 0.1) is 5.82 Å². The Morgan fingerprint density at radius 2 is 1.93 bits per heavy atom. The molecule has 1 saturated carbocycles. The van der Waals surface area contributed by atoms with Gasteiger partial charge in [0, 0.05) is 17.0 Å². The highest BCUT2D eigenvalue weighted by Gasteiger charge is 2.71. The number of benzene rings is 1. The van der Waals surface area contributed by atoms with Crippen molar-refractivity contribution in [1.82, 2.24) is 0 Å². The highest BCUT2D eigenvalue weighted by atomic mass is 35.5. The van der Waals surface area contributed by atoms with E-state index in [-0.39, 0.29) is 10.6 Å². The Hall–Kier alpha value is -0.740. The molecule has 14 heavy (non-hydrogen) atoms. The van der Waals surface area contributed by atoms with Crippen LogP contribution in [-0.4, -0.2) is 5.92 Å². The zero-order valence-corrected chi connectivity index (χ0v) is 7.78. The van der Waals surface area contributed by atoms with Gasteiger partial charge in [0.25, 0.3) is 5.92 Å². The largest absolute Gasteiger partial charge is 0.316 e. The van der Waals surface area contributed by atoms with Crippen LogP contribution in [-0.2, 0) is 5.54 Å². The predicted molar refractivity (Wildman–Crippen MR) is 46.8 cm³/mol. The summed E-state index contributed by atoms with van der Waals surface area (Å²) < 4.78 is 39.0. The molecule has 0 aliphatic heterocycles. The van der Waals surface area contributed by atoms with Crippen molar-refractivity contribution in [2.24, 2.45) is 5.73 Å². The highest BCUT2D eigenvalue weighted by Crippen LogP contribution is 2.59. The molecule has 0 aromatic heterocycles. The van der Waals surface area contributed by atoms with Crippen molar-refractivity contribution < 1.29 is 13.2 Å². The molecule has 1 atom stereocenters. The molecule has 1 aromatic carbocycles. The first-order chi connectivity index (χ1) is 6.38. The van der Waals surface area contributed by atoms with Crippen molar-refractivity contribution in [2.45, 2.75) is 17.9 Å². The minimum Gasteiger partial charge on any atom is -0.316 e. The first-order valence-electron chi connectivity index (χ1n) is 4.00. The van der Waals surface area contributed by atoms with Gasteiger partial charge in [0.2, 0.25) is 0 Å². The third-order valence-electron chi connectivity index (χ3n) is 2.44. The van der Waals surface area contributed by atoms with Gasteiger partial charge in [-0.1, -0.05) is 17.7 Å². The average Bonchev–Trinajstić information content (AvgIpc) is 2.50. The molecule has 2 rings (SSSR count). The lowest BCUT2D eigenvalue weighted by Gasteiger charge is -2.13. The Bertz CT molecular complexity index is 373. The van der Waals surface area contributed by atoms with Gasteiger partial charge in [0.05, 0.1) is 0 Å². The van der Waals surface area contributed by atoms with Crippen LogP contribution in [0.3, 0.4) is 0 Å². The second-order valence-electron chi connectivity index (χ2n) is 3.45. The lowest BCUT2D eigenvalue weighted by Crippen LogP contribution is -2.28. The fourth-order valence-electron chi connectivity index (χ4n) is 1.50. The first-order valence-corrected chi connectivity index (χ1v) is 4.37. The maximum Gasteiger partial charge on any atom is 0.272 e. The topological polar surface area (TPSA) is 26.0 Å². The normalized spacial score (nSPS) is 28.9. The Balaban J connectivity index is 2.54. The zero-order valence-electron chi connectivity index (χ0n) is 7.03. The molecule has 0 heterocycles. The van der Waals surface area contributed by atoms with Gasteiger partial charge in [-0.3, -0.25) is 0 Å². The van der Waals surface area contributed by atoms with Crippen molar-refractivity contribution in [1.29, 1.82) is 0 Å². The second kappa shape index (κ2) is 2.64. The number of hydrogen-bond donors (Lipinski definition) is 1. The summed E-state index contributed by atoms with van der Waals surface area (Å²) in [4.78, 5) is 0. The fourth-order valence-corrected chi connectivity index (χ4v) is 1.83. The van der Waals surface area contributed by atoms with Crippen molar-refractivity contribution in [3.63, 3.8) is 0 Å². The molecule has 0 radical (unpaired) electrons. The molecule has 1 unspecified atom stereocenters. The van der Waals surface area contributed by atoms with E-state index in [1.165, 1.54) is 12.1 Å². The lowest BCUT2D eigenvalue weighted by atomic mass is 10.0. The molecule has 0 spiro atoms. The summed E-state index contributed by atoms with van der Waals surface area (Å²) in [5.74, 6) is -3.84. The van der Waals surface area contributed by atoms with Gasteiger partial charge < -0.3 is 5.73 Å². The molecule has 1 aromatic rings. The third kappa shape index (κ3) is 1.14. The summed E-state index contributed by atoms with van der Waals surface area (Å²) in [5.41, 5.74) is 3.17. The monoisotopic (exact) mass is 221 g/mol. The molecule has 1 nitrogen and oxygen atoms in total. The standard InChI is InChI=1S/C9H7ClF3N/c10-5-2-1-3-6(11)7(5)8(14)4-9(8,12)13/h1-3H,4,14H2.